The molecule has 0 spiro atoms. The second-order valence-corrected chi connectivity index (χ2v) is 5.97. The van der Waals surface area contributed by atoms with E-state index in [4.69, 9.17) is 0 Å². The Morgan fingerprint density at radius 3 is 2.59 bits per heavy atom. The molecule has 1 aliphatic rings. The molecule has 1 heteroatoms. The normalized spacial score (nSPS) is 29.2. The van der Waals surface area contributed by atoms with Crippen molar-refractivity contribution >= 4 is 0 Å². The SMILES string of the molecule is C=C(C)CC1CC(CC)CCC1CNCCC. The number of hydrogen-bond donors (Lipinski definition) is 1. The first-order valence-corrected chi connectivity index (χ1v) is 7.52. The summed E-state index contributed by atoms with van der Waals surface area (Å²) in [4.78, 5) is 0. The standard InChI is InChI=1S/C16H31N/c1-5-9-17-12-15-8-7-14(6-2)11-16(15)10-13(3)4/h14-17H,3,5-12H2,1-2,4H3. The highest BCUT2D eigenvalue weighted by atomic mass is 14.9. The van der Waals surface area contributed by atoms with Gasteiger partial charge in [0.15, 0.2) is 0 Å². The molecule has 1 fully saturated rings. The maximum Gasteiger partial charge on any atom is -0.00178 e. The topological polar surface area (TPSA) is 12.0 Å². The highest BCUT2D eigenvalue weighted by Crippen LogP contribution is 2.38. The van der Waals surface area contributed by atoms with E-state index < -0.39 is 0 Å². The van der Waals surface area contributed by atoms with Crippen molar-refractivity contribution < 1.29 is 0 Å². The van der Waals surface area contributed by atoms with Gasteiger partial charge in [-0.3, -0.25) is 0 Å². The van der Waals surface area contributed by atoms with E-state index in [1.807, 2.05) is 0 Å². The van der Waals surface area contributed by atoms with Gasteiger partial charge in [-0.25, -0.2) is 0 Å². The molecule has 0 aromatic rings. The molecule has 1 aliphatic carbocycles. The van der Waals surface area contributed by atoms with Crippen molar-refractivity contribution in [3.05, 3.63) is 12.2 Å². The van der Waals surface area contributed by atoms with Gasteiger partial charge >= 0.3 is 0 Å². The summed E-state index contributed by atoms with van der Waals surface area (Å²) in [6.45, 7) is 13.3. The lowest BCUT2D eigenvalue weighted by Crippen LogP contribution is -2.33. The van der Waals surface area contributed by atoms with Gasteiger partial charge in [0.05, 0.1) is 0 Å². The van der Waals surface area contributed by atoms with Crippen molar-refractivity contribution in [2.24, 2.45) is 17.8 Å². The zero-order chi connectivity index (χ0) is 12.7. The lowest BCUT2D eigenvalue weighted by atomic mass is 9.71. The van der Waals surface area contributed by atoms with Gasteiger partial charge in [-0.15, -0.1) is 6.58 Å². The Labute approximate surface area is 108 Å². The van der Waals surface area contributed by atoms with Crippen LogP contribution in [0.4, 0.5) is 0 Å². The van der Waals surface area contributed by atoms with Gasteiger partial charge in [0, 0.05) is 0 Å². The van der Waals surface area contributed by atoms with E-state index >= 15 is 0 Å². The summed E-state index contributed by atoms with van der Waals surface area (Å²) in [6.07, 6.45) is 8.16. The number of hydrogen-bond acceptors (Lipinski definition) is 1. The minimum Gasteiger partial charge on any atom is -0.316 e. The molecule has 0 bridgehead atoms. The molecule has 0 heterocycles. The first-order valence-electron chi connectivity index (χ1n) is 7.52. The van der Waals surface area contributed by atoms with Gasteiger partial charge in [-0.05, 0) is 63.5 Å². The molecule has 0 aromatic carbocycles. The minimum atomic E-state index is 0.885. The van der Waals surface area contributed by atoms with E-state index in [2.05, 4.69) is 32.7 Å². The second-order valence-electron chi connectivity index (χ2n) is 5.97. The van der Waals surface area contributed by atoms with Crippen molar-refractivity contribution in [3.8, 4) is 0 Å². The molecule has 17 heavy (non-hydrogen) atoms. The maximum atomic E-state index is 4.11. The van der Waals surface area contributed by atoms with Crippen LogP contribution >= 0.6 is 0 Å². The van der Waals surface area contributed by atoms with Crippen molar-refractivity contribution in [1.82, 2.24) is 5.32 Å². The van der Waals surface area contributed by atoms with Crippen molar-refractivity contribution in [2.75, 3.05) is 13.1 Å². The Bertz CT molecular complexity index is 220. The van der Waals surface area contributed by atoms with Crippen LogP contribution in [0.2, 0.25) is 0 Å². The van der Waals surface area contributed by atoms with Crippen LogP contribution in [0, 0.1) is 17.8 Å². The van der Waals surface area contributed by atoms with Gasteiger partial charge < -0.3 is 5.32 Å². The molecule has 0 saturated heterocycles. The van der Waals surface area contributed by atoms with Crippen molar-refractivity contribution in [1.29, 1.82) is 0 Å². The molecule has 100 valence electrons. The van der Waals surface area contributed by atoms with Gasteiger partial charge in [0.1, 0.15) is 0 Å². The first kappa shape index (κ1) is 14.8. The van der Waals surface area contributed by atoms with Crippen molar-refractivity contribution in [2.45, 2.75) is 59.3 Å². The molecule has 1 saturated carbocycles. The Morgan fingerprint density at radius 2 is 2.00 bits per heavy atom. The van der Waals surface area contributed by atoms with Crippen LogP contribution in [0.5, 0.6) is 0 Å². The number of rotatable bonds is 7. The van der Waals surface area contributed by atoms with E-state index in [9.17, 15) is 0 Å². The molecule has 0 radical (unpaired) electrons. The summed E-state index contributed by atoms with van der Waals surface area (Å²) < 4.78 is 0. The molecular weight excluding hydrogens is 206 g/mol. The molecule has 1 nitrogen and oxygen atoms in total. The van der Waals surface area contributed by atoms with Gasteiger partial charge in [-0.2, -0.15) is 0 Å². The smallest absolute Gasteiger partial charge is 0.00178 e. The summed E-state index contributed by atoms with van der Waals surface area (Å²) in [5, 5.41) is 3.61. The number of allylic oxidation sites excluding steroid dienone is 1. The van der Waals surface area contributed by atoms with Gasteiger partial charge in [0.2, 0.25) is 0 Å². The third-order valence-electron chi connectivity index (χ3n) is 4.27. The highest BCUT2D eigenvalue weighted by molar-refractivity contribution is 4.94. The predicted molar refractivity (Wildman–Crippen MR) is 77.2 cm³/mol. The Morgan fingerprint density at radius 1 is 1.24 bits per heavy atom. The summed E-state index contributed by atoms with van der Waals surface area (Å²) in [5.74, 6) is 2.75. The average Bonchev–Trinajstić information content (AvgIpc) is 2.30. The highest BCUT2D eigenvalue weighted by Gasteiger charge is 2.29. The van der Waals surface area contributed by atoms with E-state index in [1.165, 1.54) is 57.2 Å². The monoisotopic (exact) mass is 237 g/mol. The van der Waals surface area contributed by atoms with Crippen LogP contribution in [0.25, 0.3) is 0 Å². The zero-order valence-corrected chi connectivity index (χ0v) is 12.1. The quantitative estimate of drug-likeness (QED) is 0.511. The Hall–Kier alpha value is -0.300. The van der Waals surface area contributed by atoms with Crippen LogP contribution in [0.3, 0.4) is 0 Å². The largest absolute Gasteiger partial charge is 0.316 e. The molecular formula is C16H31N. The molecule has 3 atom stereocenters. The molecule has 3 unspecified atom stereocenters. The lowest BCUT2D eigenvalue weighted by Gasteiger charge is -2.36. The molecule has 0 aliphatic heterocycles. The van der Waals surface area contributed by atoms with E-state index in [0.717, 1.165) is 17.8 Å². The third kappa shape index (κ3) is 5.25. The molecule has 1 N–H and O–H groups in total. The second kappa shape index (κ2) is 7.92. The molecule has 0 amide bonds. The van der Waals surface area contributed by atoms with Gasteiger partial charge in [0.25, 0.3) is 0 Å². The summed E-state index contributed by atoms with van der Waals surface area (Å²) in [5.41, 5.74) is 1.37. The Kier molecular flexibility index (Phi) is 6.87. The third-order valence-corrected chi connectivity index (χ3v) is 4.27. The lowest BCUT2D eigenvalue weighted by molar-refractivity contribution is 0.171. The molecule has 0 aromatic heterocycles. The maximum absolute atomic E-state index is 4.11. The predicted octanol–water partition coefficient (Wildman–Crippen LogP) is 4.39. The summed E-state index contributed by atoms with van der Waals surface area (Å²) >= 11 is 0. The molecule has 1 rings (SSSR count). The van der Waals surface area contributed by atoms with E-state index in [1.54, 1.807) is 0 Å². The van der Waals surface area contributed by atoms with E-state index in [0.29, 0.717) is 0 Å². The fraction of sp³-hybridized carbons (Fsp3) is 0.875. The fourth-order valence-electron chi connectivity index (χ4n) is 3.23. The Balaban J connectivity index is 2.44. The average molecular weight is 237 g/mol. The van der Waals surface area contributed by atoms with Crippen LogP contribution in [0.15, 0.2) is 12.2 Å². The minimum absolute atomic E-state index is 0.885. The fourth-order valence-corrected chi connectivity index (χ4v) is 3.23. The first-order chi connectivity index (χ1) is 8.17. The van der Waals surface area contributed by atoms with Crippen LogP contribution in [0.1, 0.15) is 59.3 Å². The van der Waals surface area contributed by atoms with Crippen molar-refractivity contribution in [3.63, 3.8) is 0 Å². The summed E-state index contributed by atoms with van der Waals surface area (Å²) in [7, 11) is 0. The zero-order valence-electron chi connectivity index (χ0n) is 12.1. The van der Waals surface area contributed by atoms with Crippen LogP contribution in [-0.2, 0) is 0 Å². The number of nitrogens with one attached hydrogen (secondary N) is 1. The van der Waals surface area contributed by atoms with Crippen LogP contribution < -0.4 is 5.32 Å². The summed E-state index contributed by atoms with van der Waals surface area (Å²) in [6, 6.07) is 0. The van der Waals surface area contributed by atoms with Crippen LogP contribution in [-0.4, -0.2) is 13.1 Å². The van der Waals surface area contributed by atoms with Gasteiger partial charge in [-0.1, -0.05) is 32.3 Å². The van der Waals surface area contributed by atoms with E-state index in [-0.39, 0.29) is 0 Å².